The van der Waals surface area contributed by atoms with Crippen molar-refractivity contribution in [1.29, 1.82) is 5.41 Å². The first-order chi connectivity index (χ1) is 16.0. The van der Waals surface area contributed by atoms with Crippen molar-refractivity contribution in [3.8, 4) is 11.5 Å². The first-order valence-corrected chi connectivity index (χ1v) is 10.4. The van der Waals surface area contributed by atoms with E-state index < -0.39 is 5.97 Å². The van der Waals surface area contributed by atoms with Crippen LogP contribution in [0, 0.1) is 5.41 Å². The third kappa shape index (κ3) is 3.90. The van der Waals surface area contributed by atoms with E-state index in [2.05, 4.69) is 0 Å². The van der Waals surface area contributed by atoms with Crippen molar-refractivity contribution in [2.45, 2.75) is 6.54 Å². The van der Waals surface area contributed by atoms with Gasteiger partial charge in [0.15, 0.2) is 0 Å². The van der Waals surface area contributed by atoms with Crippen molar-refractivity contribution in [1.82, 2.24) is 4.57 Å². The smallest absolute Gasteiger partial charge is 0.352 e. The van der Waals surface area contributed by atoms with Crippen LogP contribution in [0.1, 0.15) is 21.6 Å². The van der Waals surface area contributed by atoms with Gasteiger partial charge in [0.1, 0.15) is 23.0 Å². The number of aromatic nitrogens is 1. The number of carboxylic acid groups (broad SMARTS) is 1. The first-order valence-electron chi connectivity index (χ1n) is 10.4. The number of ether oxygens (including phenoxy) is 1. The summed E-state index contributed by atoms with van der Waals surface area (Å²) in [6.45, 7) is 0.318. The Kier molecular flexibility index (Phi) is 5.03. The van der Waals surface area contributed by atoms with E-state index in [0.717, 1.165) is 27.5 Å². The lowest BCUT2D eigenvalue weighted by molar-refractivity contribution is 0.0686. The molecule has 1 heterocycles. The van der Waals surface area contributed by atoms with Gasteiger partial charge in [0.25, 0.3) is 0 Å². The molecule has 4 N–H and O–H groups in total. The molecule has 0 amide bonds. The van der Waals surface area contributed by atoms with Crippen molar-refractivity contribution in [2.24, 2.45) is 5.73 Å². The number of carboxylic acids is 1. The van der Waals surface area contributed by atoms with Crippen molar-refractivity contribution >= 4 is 33.5 Å². The Labute approximate surface area is 190 Å². The van der Waals surface area contributed by atoms with E-state index >= 15 is 0 Å². The minimum Gasteiger partial charge on any atom is -0.477 e. The predicted molar refractivity (Wildman–Crippen MR) is 129 cm³/mol. The zero-order valence-electron chi connectivity index (χ0n) is 17.7. The van der Waals surface area contributed by atoms with Gasteiger partial charge in [-0.3, -0.25) is 5.41 Å². The van der Waals surface area contributed by atoms with Gasteiger partial charge in [-0.2, -0.15) is 0 Å². The lowest BCUT2D eigenvalue weighted by Crippen LogP contribution is -2.12. The molecular formula is C27H21N3O3. The van der Waals surface area contributed by atoms with Crippen LogP contribution in [0.2, 0.25) is 0 Å². The van der Waals surface area contributed by atoms with Crippen molar-refractivity contribution in [3.05, 3.63) is 108 Å². The van der Waals surface area contributed by atoms with E-state index in [1.165, 1.54) is 0 Å². The molecule has 162 valence electrons. The molecule has 1 aromatic heterocycles. The summed E-state index contributed by atoms with van der Waals surface area (Å²) >= 11 is 0. The fourth-order valence-electron chi connectivity index (χ4n) is 4.11. The number of nitrogens with two attached hydrogens (primary N) is 1. The molecule has 0 fully saturated rings. The number of nitrogens with one attached hydrogen (secondary N) is 1. The molecule has 6 heteroatoms. The minimum atomic E-state index is -1.02. The number of nitrogen functional groups attached to an aromatic ring is 1. The molecule has 5 aromatic rings. The molecule has 0 aliphatic carbocycles. The van der Waals surface area contributed by atoms with E-state index in [9.17, 15) is 9.90 Å². The van der Waals surface area contributed by atoms with E-state index in [-0.39, 0.29) is 11.5 Å². The number of rotatable bonds is 6. The van der Waals surface area contributed by atoms with Gasteiger partial charge in [-0.15, -0.1) is 0 Å². The van der Waals surface area contributed by atoms with Crippen LogP contribution >= 0.6 is 0 Å². The normalized spacial score (nSPS) is 11.0. The van der Waals surface area contributed by atoms with Gasteiger partial charge in [0.2, 0.25) is 0 Å². The maximum atomic E-state index is 12.1. The Bertz CT molecular complexity index is 1520. The topological polar surface area (TPSA) is 101 Å². The number of amidine groups is 1. The highest BCUT2D eigenvalue weighted by Gasteiger charge is 2.17. The highest BCUT2D eigenvalue weighted by Crippen LogP contribution is 2.31. The average molecular weight is 435 g/mol. The third-order valence-corrected chi connectivity index (χ3v) is 5.66. The van der Waals surface area contributed by atoms with Gasteiger partial charge < -0.3 is 20.1 Å². The molecule has 0 saturated carbocycles. The highest BCUT2D eigenvalue weighted by atomic mass is 16.5. The Hall–Kier alpha value is -4.58. The highest BCUT2D eigenvalue weighted by molar-refractivity contribution is 6.01. The largest absolute Gasteiger partial charge is 0.477 e. The van der Waals surface area contributed by atoms with E-state index in [1.807, 2.05) is 66.7 Å². The minimum absolute atomic E-state index is 0.0646. The van der Waals surface area contributed by atoms with Gasteiger partial charge in [-0.1, -0.05) is 54.6 Å². The first kappa shape index (κ1) is 20.3. The lowest BCUT2D eigenvalue weighted by atomic mass is 10.0. The number of fused-ring (bicyclic) bond motifs is 2. The number of hydrogen-bond donors (Lipinski definition) is 3. The number of aromatic carboxylic acids is 1. The van der Waals surface area contributed by atoms with Crippen LogP contribution in [0.15, 0.2) is 91.0 Å². The van der Waals surface area contributed by atoms with Crippen LogP contribution in [0.25, 0.3) is 21.7 Å². The predicted octanol–water partition coefficient (Wildman–Crippen LogP) is 5.62. The number of carbonyl (C=O) groups is 1. The van der Waals surface area contributed by atoms with Crippen molar-refractivity contribution < 1.29 is 14.6 Å². The Morgan fingerprint density at radius 2 is 1.64 bits per heavy atom. The lowest BCUT2D eigenvalue weighted by Gasteiger charge is -2.14. The monoisotopic (exact) mass is 435 g/mol. The van der Waals surface area contributed by atoms with E-state index in [1.54, 1.807) is 28.8 Å². The van der Waals surface area contributed by atoms with Gasteiger partial charge in [0, 0.05) is 23.0 Å². The Morgan fingerprint density at radius 1 is 0.879 bits per heavy atom. The molecular weight excluding hydrogens is 414 g/mol. The fourth-order valence-corrected chi connectivity index (χ4v) is 4.11. The second-order valence-electron chi connectivity index (χ2n) is 7.83. The van der Waals surface area contributed by atoms with Crippen LogP contribution in [0.3, 0.4) is 0 Å². The summed E-state index contributed by atoms with van der Waals surface area (Å²) in [6, 6.07) is 28.3. The van der Waals surface area contributed by atoms with Crippen LogP contribution < -0.4 is 10.5 Å². The Balaban J connectivity index is 1.67. The standard InChI is InChI=1S/C27H21N3O3/c28-26(29)19-11-10-18-14-25(27(31)32)30(24(18)15-19)16-20-13-22(33-21-7-2-1-3-8-21)12-17-6-4-5-9-23(17)20/h1-15H,16H2,(H3,28,29)(H,31,32). The Morgan fingerprint density at radius 3 is 2.39 bits per heavy atom. The zero-order chi connectivity index (χ0) is 22.9. The molecule has 0 unspecified atom stereocenters. The number of hydrogen-bond acceptors (Lipinski definition) is 3. The molecule has 0 atom stereocenters. The van der Waals surface area contributed by atoms with Gasteiger partial charge in [-0.25, -0.2) is 4.79 Å². The second kappa shape index (κ2) is 8.16. The summed E-state index contributed by atoms with van der Waals surface area (Å²) in [5.41, 5.74) is 8.03. The van der Waals surface area contributed by atoms with E-state index in [0.29, 0.717) is 23.4 Å². The van der Waals surface area contributed by atoms with E-state index in [4.69, 9.17) is 15.9 Å². The van der Waals surface area contributed by atoms with Crippen LogP contribution in [0.4, 0.5) is 0 Å². The number of benzene rings is 4. The summed E-state index contributed by atoms with van der Waals surface area (Å²) in [7, 11) is 0. The maximum absolute atomic E-state index is 12.1. The molecule has 33 heavy (non-hydrogen) atoms. The molecule has 0 radical (unpaired) electrons. The van der Waals surface area contributed by atoms with Crippen molar-refractivity contribution in [3.63, 3.8) is 0 Å². The summed E-state index contributed by atoms with van der Waals surface area (Å²) in [5.74, 6) is 0.317. The SMILES string of the molecule is N=C(N)c1ccc2cc(C(=O)O)n(Cc3cc(Oc4ccccc4)cc4ccccc34)c2c1. The molecule has 5 rings (SSSR count). The van der Waals surface area contributed by atoms with Crippen molar-refractivity contribution in [2.75, 3.05) is 0 Å². The maximum Gasteiger partial charge on any atom is 0.352 e. The third-order valence-electron chi connectivity index (χ3n) is 5.66. The molecule has 0 aliphatic heterocycles. The number of nitrogens with zero attached hydrogens (tertiary/aromatic N) is 1. The fraction of sp³-hybridized carbons (Fsp3) is 0.0370. The summed E-state index contributed by atoms with van der Waals surface area (Å²) in [4.78, 5) is 12.1. The summed E-state index contributed by atoms with van der Waals surface area (Å²) in [5, 5.41) is 20.4. The van der Waals surface area contributed by atoms with Gasteiger partial charge >= 0.3 is 5.97 Å². The van der Waals surface area contributed by atoms with Crippen LogP contribution in [-0.2, 0) is 6.54 Å². The summed E-state index contributed by atoms with van der Waals surface area (Å²) < 4.78 is 7.84. The van der Waals surface area contributed by atoms with Gasteiger partial charge in [0.05, 0.1) is 0 Å². The van der Waals surface area contributed by atoms with Gasteiger partial charge in [-0.05, 0) is 52.7 Å². The molecule has 0 bridgehead atoms. The second-order valence-corrected chi connectivity index (χ2v) is 7.83. The summed E-state index contributed by atoms with van der Waals surface area (Å²) in [6.07, 6.45) is 0. The zero-order valence-corrected chi connectivity index (χ0v) is 17.7. The van der Waals surface area contributed by atoms with Crippen LogP contribution in [-0.4, -0.2) is 21.5 Å². The quantitative estimate of drug-likeness (QED) is 0.238. The molecule has 0 spiro atoms. The molecule has 4 aromatic carbocycles. The molecule has 6 nitrogen and oxygen atoms in total. The average Bonchev–Trinajstić information content (AvgIpc) is 3.18. The molecule has 0 aliphatic rings. The molecule has 0 saturated heterocycles. The number of para-hydroxylation sites is 1. The van der Waals surface area contributed by atoms with Crippen LogP contribution in [0.5, 0.6) is 11.5 Å².